The van der Waals surface area contributed by atoms with Gasteiger partial charge in [0.15, 0.2) is 5.78 Å². The highest BCUT2D eigenvalue weighted by atomic mass is 19.1. The van der Waals surface area contributed by atoms with Gasteiger partial charge in [0.25, 0.3) is 0 Å². The van der Waals surface area contributed by atoms with Gasteiger partial charge in [-0.25, -0.2) is 4.39 Å². The zero-order valence-corrected chi connectivity index (χ0v) is 12.7. The van der Waals surface area contributed by atoms with Gasteiger partial charge in [-0.05, 0) is 37.1 Å². The van der Waals surface area contributed by atoms with Crippen molar-refractivity contribution in [2.75, 3.05) is 32.8 Å². The molecule has 4 nitrogen and oxygen atoms in total. The van der Waals surface area contributed by atoms with E-state index in [0.29, 0.717) is 25.1 Å². The first-order valence-electron chi connectivity index (χ1n) is 7.97. The highest BCUT2D eigenvalue weighted by Crippen LogP contribution is 2.21. The number of ketones is 1. The summed E-state index contributed by atoms with van der Waals surface area (Å²) in [7, 11) is 0. The lowest BCUT2D eigenvalue weighted by Gasteiger charge is -2.35. The summed E-state index contributed by atoms with van der Waals surface area (Å²) in [4.78, 5) is 14.4. The molecule has 0 N–H and O–H groups in total. The van der Waals surface area contributed by atoms with Crippen LogP contribution < -0.4 is 0 Å². The van der Waals surface area contributed by atoms with Crippen LogP contribution in [0.5, 0.6) is 0 Å². The van der Waals surface area contributed by atoms with Crippen LogP contribution in [0, 0.1) is 5.82 Å². The van der Waals surface area contributed by atoms with Gasteiger partial charge in [0.05, 0.1) is 18.8 Å². The molecule has 2 saturated heterocycles. The van der Waals surface area contributed by atoms with Crippen molar-refractivity contribution in [3.63, 3.8) is 0 Å². The number of ether oxygens (including phenoxy) is 2. The number of rotatable bonds is 5. The van der Waals surface area contributed by atoms with Crippen molar-refractivity contribution < 1.29 is 18.7 Å². The van der Waals surface area contributed by atoms with Crippen molar-refractivity contribution in [2.45, 2.75) is 31.5 Å². The van der Waals surface area contributed by atoms with Crippen molar-refractivity contribution in [3.05, 3.63) is 35.6 Å². The number of hydrogen-bond acceptors (Lipinski definition) is 4. The smallest absolute Gasteiger partial charge is 0.164 e. The second-order valence-electron chi connectivity index (χ2n) is 5.94. The van der Waals surface area contributed by atoms with E-state index >= 15 is 0 Å². The van der Waals surface area contributed by atoms with Gasteiger partial charge >= 0.3 is 0 Å². The van der Waals surface area contributed by atoms with Crippen molar-refractivity contribution in [2.24, 2.45) is 0 Å². The van der Waals surface area contributed by atoms with Crippen LogP contribution >= 0.6 is 0 Å². The number of carbonyl (C=O) groups excluding carboxylic acids is 1. The number of morpholine rings is 1. The van der Waals surface area contributed by atoms with Crippen molar-refractivity contribution in [1.82, 2.24) is 4.90 Å². The van der Waals surface area contributed by atoms with Gasteiger partial charge in [-0.15, -0.1) is 0 Å². The number of Topliss-reactive ketones (excluding diaryl/α,β-unsaturated/α-hetero) is 1. The summed E-state index contributed by atoms with van der Waals surface area (Å²) in [6, 6.07) is 5.75. The fourth-order valence-corrected chi connectivity index (χ4v) is 3.10. The predicted molar refractivity (Wildman–Crippen MR) is 80.5 cm³/mol. The molecule has 0 amide bonds. The lowest BCUT2D eigenvalue weighted by molar-refractivity contribution is -0.0939. The minimum atomic E-state index is -0.316. The molecule has 0 aromatic heterocycles. The Morgan fingerprint density at radius 2 is 1.95 bits per heavy atom. The van der Waals surface area contributed by atoms with E-state index in [1.165, 1.54) is 12.1 Å². The van der Waals surface area contributed by atoms with Crippen LogP contribution in [0.2, 0.25) is 0 Å². The maximum Gasteiger partial charge on any atom is 0.164 e. The normalized spacial score (nSPS) is 26.2. The molecular weight excluding hydrogens is 285 g/mol. The molecule has 2 aliphatic rings. The third-order valence-corrected chi connectivity index (χ3v) is 4.38. The molecule has 1 aromatic rings. The molecule has 22 heavy (non-hydrogen) atoms. The number of halogens is 1. The number of hydrogen-bond donors (Lipinski definition) is 0. The van der Waals surface area contributed by atoms with Crippen LogP contribution in [0.3, 0.4) is 0 Å². The van der Waals surface area contributed by atoms with E-state index in [4.69, 9.17) is 9.47 Å². The molecule has 3 rings (SSSR count). The van der Waals surface area contributed by atoms with Gasteiger partial charge in [-0.2, -0.15) is 0 Å². The van der Waals surface area contributed by atoms with Crippen LogP contribution in [0.4, 0.5) is 4.39 Å². The topological polar surface area (TPSA) is 38.8 Å². The summed E-state index contributed by atoms with van der Waals surface area (Å²) in [5.41, 5.74) is 0.574. The van der Waals surface area contributed by atoms with Gasteiger partial charge in [0, 0.05) is 38.2 Å². The quantitative estimate of drug-likeness (QED) is 0.782. The fraction of sp³-hybridized carbons (Fsp3) is 0.588. The third kappa shape index (κ3) is 3.91. The molecule has 0 radical (unpaired) electrons. The molecule has 5 heteroatoms. The van der Waals surface area contributed by atoms with Gasteiger partial charge in [0.1, 0.15) is 5.82 Å². The second-order valence-corrected chi connectivity index (χ2v) is 5.94. The molecule has 0 saturated carbocycles. The molecule has 0 spiro atoms. The number of benzene rings is 1. The molecule has 1 aromatic carbocycles. The maximum absolute atomic E-state index is 12.9. The number of nitrogens with zero attached hydrogens (tertiary/aromatic N) is 1. The summed E-state index contributed by atoms with van der Waals surface area (Å²) in [6.45, 7) is 3.90. The molecule has 2 fully saturated rings. The van der Waals surface area contributed by atoms with E-state index in [1.807, 2.05) is 0 Å². The maximum atomic E-state index is 12.9. The summed E-state index contributed by atoms with van der Waals surface area (Å²) in [5, 5.41) is 0. The average molecular weight is 307 g/mol. The Balaban J connectivity index is 1.48. The Morgan fingerprint density at radius 3 is 2.68 bits per heavy atom. The minimum Gasteiger partial charge on any atom is -0.375 e. The molecule has 0 unspecified atom stereocenters. The lowest BCUT2D eigenvalue weighted by Crippen LogP contribution is -2.48. The molecule has 2 aliphatic heterocycles. The highest BCUT2D eigenvalue weighted by molar-refractivity contribution is 5.96. The Hall–Kier alpha value is -1.30. The van der Waals surface area contributed by atoms with Crippen LogP contribution in [0.15, 0.2) is 24.3 Å². The zero-order chi connectivity index (χ0) is 15.4. The molecule has 0 aliphatic carbocycles. The average Bonchev–Trinajstić information content (AvgIpc) is 3.08. The van der Waals surface area contributed by atoms with Crippen molar-refractivity contribution in [1.29, 1.82) is 0 Å². The SMILES string of the molecule is O=C(CCN1CCO[C@@H]([C@@H]2CCCO2)C1)c1ccc(F)cc1. The van der Waals surface area contributed by atoms with Crippen LogP contribution in [0.1, 0.15) is 29.6 Å². The van der Waals surface area contributed by atoms with E-state index in [0.717, 1.165) is 32.5 Å². The van der Waals surface area contributed by atoms with E-state index in [2.05, 4.69) is 4.90 Å². The molecule has 2 atom stereocenters. The molecular formula is C17H22FNO3. The second kappa shape index (κ2) is 7.31. The van der Waals surface area contributed by atoms with Crippen molar-refractivity contribution >= 4 is 5.78 Å². The van der Waals surface area contributed by atoms with Crippen LogP contribution in [-0.4, -0.2) is 55.7 Å². The van der Waals surface area contributed by atoms with Gasteiger partial charge in [-0.1, -0.05) is 0 Å². The van der Waals surface area contributed by atoms with E-state index in [9.17, 15) is 9.18 Å². The Labute approximate surface area is 130 Å². The summed E-state index contributed by atoms with van der Waals surface area (Å²) in [6.07, 6.45) is 2.94. The first-order valence-corrected chi connectivity index (χ1v) is 7.97. The molecule has 0 bridgehead atoms. The summed E-state index contributed by atoms with van der Waals surface area (Å²) < 4.78 is 24.4. The number of carbonyl (C=O) groups is 1. The third-order valence-electron chi connectivity index (χ3n) is 4.38. The highest BCUT2D eigenvalue weighted by Gasteiger charge is 2.31. The van der Waals surface area contributed by atoms with E-state index < -0.39 is 0 Å². The summed E-state index contributed by atoms with van der Waals surface area (Å²) >= 11 is 0. The van der Waals surface area contributed by atoms with E-state index in [1.54, 1.807) is 12.1 Å². The zero-order valence-electron chi connectivity index (χ0n) is 12.7. The first-order chi connectivity index (χ1) is 10.7. The first kappa shape index (κ1) is 15.6. The van der Waals surface area contributed by atoms with Gasteiger partial charge in [0.2, 0.25) is 0 Å². The largest absolute Gasteiger partial charge is 0.375 e. The Kier molecular flexibility index (Phi) is 5.18. The standard InChI is InChI=1S/C17H22FNO3/c18-14-5-3-13(4-6-14)15(20)7-8-19-9-11-22-17(12-19)16-2-1-10-21-16/h3-6,16-17H,1-2,7-12H2/t16-,17+/m0/s1. The molecule has 120 valence electrons. The van der Waals surface area contributed by atoms with Crippen LogP contribution in [0.25, 0.3) is 0 Å². The molecule has 2 heterocycles. The van der Waals surface area contributed by atoms with Crippen LogP contribution in [-0.2, 0) is 9.47 Å². The lowest BCUT2D eigenvalue weighted by atomic mass is 10.1. The van der Waals surface area contributed by atoms with Gasteiger partial charge in [-0.3, -0.25) is 9.69 Å². The summed E-state index contributed by atoms with van der Waals surface area (Å²) in [5.74, 6) is -0.260. The van der Waals surface area contributed by atoms with Gasteiger partial charge < -0.3 is 9.47 Å². The Bertz CT molecular complexity index is 499. The van der Waals surface area contributed by atoms with E-state index in [-0.39, 0.29) is 23.8 Å². The van der Waals surface area contributed by atoms with Crippen molar-refractivity contribution in [3.8, 4) is 0 Å². The fourth-order valence-electron chi connectivity index (χ4n) is 3.10. The Morgan fingerprint density at radius 1 is 1.18 bits per heavy atom. The minimum absolute atomic E-state index is 0.0557. The predicted octanol–water partition coefficient (Wildman–Crippen LogP) is 2.28. The monoisotopic (exact) mass is 307 g/mol.